The molecule has 0 saturated carbocycles. The summed E-state index contributed by atoms with van der Waals surface area (Å²) in [4.78, 5) is 33.2. The van der Waals surface area contributed by atoms with Gasteiger partial charge in [-0.2, -0.15) is 0 Å². The van der Waals surface area contributed by atoms with E-state index in [0.717, 1.165) is 0 Å². The van der Waals surface area contributed by atoms with E-state index < -0.39 is 56.3 Å². The van der Waals surface area contributed by atoms with Crippen LogP contribution in [0.25, 0.3) is 10.8 Å². The largest absolute Gasteiger partial charge is 0.492 e. The zero-order valence-electron chi connectivity index (χ0n) is 38.3. The summed E-state index contributed by atoms with van der Waals surface area (Å²) in [6.45, 7) is 18.1. The Morgan fingerprint density at radius 3 is 2.54 bits per heavy atom. The van der Waals surface area contributed by atoms with Gasteiger partial charge in [-0.3, -0.25) is 9.59 Å². The first-order chi connectivity index (χ1) is 30.9. The van der Waals surface area contributed by atoms with E-state index in [2.05, 4.69) is 69.4 Å². The second kappa shape index (κ2) is 19.1. The number of amides is 1. The molecular formula is C49H55ClN2O12Si. The minimum absolute atomic E-state index is 0.0168. The highest BCUT2D eigenvalue weighted by atomic mass is 35.5. The minimum Gasteiger partial charge on any atom is -0.492 e. The second-order valence-corrected chi connectivity index (χ2v) is 22.8. The average Bonchev–Trinajstić information content (AvgIpc) is 3.89. The van der Waals surface area contributed by atoms with Gasteiger partial charge in [0.05, 0.1) is 44.0 Å². The predicted molar refractivity (Wildman–Crippen MR) is 246 cm³/mol. The number of hydrogen-bond donors (Lipinski definition) is 1. The molecule has 6 atom stereocenters. The Bertz CT molecular complexity index is 2560. The fraction of sp³-hybridized carbons (Fsp3) is 0.449. The molecule has 3 aromatic rings. The van der Waals surface area contributed by atoms with Crippen molar-refractivity contribution in [1.82, 2.24) is 10.3 Å². The number of benzene rings is 2. The topological polar surface area (TPSA) is 155 Å². The number of carbonyl (C=O) groups excluding carboxylic acids is 2. The summed E-state index contributed by atoms with van der Waals surface area (Å²) in [6.07, 6.45) is 1.82. The van der Waals surface area contributed by atoms with Crippen LogP contribution in [0.2, 0.25) is 23.3 Å². The standard InChI is InChI=1S/C49H55ClN2O12Si/c1-12-20-58-37-21-30-22-38(61-28(2)3)44(57-9)43(56-8)32(30)24-33(37)47(54)52-35-25-42(53)59-26-40(60-27-55-7)29-14-13-15-41-49(63-41)31(17-16-29)23-39(45(49)64-65(10,11)48(4,5)6)62-36-19-18-34(35)51-46(36)50/h12,14,18-19,21-24,28,35,39-41,45H,1,20,25-27H2,2-11H3,(H,52,54)/b29-14+/t35-,39+,40-,41+,45+,49-/m1/s1. The number of allylic oxidation sites excluding steroid dienone is 1. The number of pyridine rings is 1. The summed E-state index contributed by atoms with van der Waals surface area (Å²) in [6, 6.07) is 7.34. The molecule has 8 rings (SSSR count). The van der Waals surface area contributed by atoms with Crippen LogP contribution < -0.4 is 29.0 Å². The van der Waals surface area contributed by atoms with Crippen LogP contribution >= 0.6 is 11.6 Å². The first-order valence-electron chi connectivity index (χ1n) is 21.3. The lowest BCUT2D eigenvalue weighted by atomic mass is 9.94. The monoisotopic (exact) mass is 926 g/mol. The van der Waals surface area contributed by atoms with Crippen molar-refractivity contribution in [2.75, 3.05) is 41.3 Å². The van der Waals surface area contributed by atoms with E-state index in [1.165, 1.54) is 21.3 Å². The molecule has 1 amide bonds. The van der Waals surface area contributed by atoms with Crippen molar-refractivity contribution >= 4 is 42.6 Å². The highest BCUT2D eigenvalue weighted by molar-refractivity contribution is 6.74. The average molecular weight is 928 g/mol. The molecule has 65 heavy (non-hydrogen) atoms. The number of nitrogens with one attached hydrogen (secondary N) is 1. The van der Waals surface area contributed by atoms with Crippen molar-refractivity contribution in [3.8, 4) is 52.4 Å². The summed E-state index contributed by atoms with van der Waals surface area (Å²) >= 11 is 6.96. The zero-order chi connectivity index (χ0) is 46.8. The molecule has 0 unspecified atom stereocenters. The van der Waals surface area contributed by atoms with Gasteiger partial charge in [0.2, 0.25) is 5.75 Å². The summed E-state index contributed by atoms with van der Waals surface area (Å²) < 4.78 is 61.0. The number of carbonyl (C=O) groups is 2. The van der Waals surface area contributed by atoms with Gasteiger partial charge in [-0.25, -0.2) is 4.98 Å². The summed E-state index contributed by atoms with van der Waals surface area (Å²) in [5.74, 6) is 13.2. The number of nitrogens with zero attached hydrogens (tertiary/aromatic N) is 1. The molecule has 5 bridgehead atoms. The number of methoxy groups -OCH3 is 3. The van der Waals surface area contributed by atoms with E-state index in [4.69, 9.17) is 63.6 Å². The second-order valence-electron chi connectivity index (χ2n) is 17.7. The number of ether oxygens (including phenoxy) is 9. The number of hydrogen-bond acceptors (Lipinski definition) is 13. The fourth-order valence-electron chi connectivity index (χ4n) is 7.56. The van der Waals surface area contributed by atoms with Crippen LogP contribution in [0.1, 0.15) is 63.1 Å². The SMILES string of the molecule is C=CCOc1cc2cc(OC(C)C)c(OC)c(OC)c2cc1C(=O)N[C@@H]1CC(=O)OC[C@@H](OCOC)/C2=C/C#C[C@@H]3O[C@]34C(=C[C@H](Oc3ccc1nc3Cl)[C@@H]4O[Si](C)(C)C(C)(C)C)C#C2. The van der Waals surface area contributed by atoms with Gasteiger partial charge in [-0.05, 0) is 73.8 Å². The summed E-state index contributed by atoms with van der Waals surface area (Å²) in [7, 11) is 2.04. The van der Waals surface area contributed by atoms with Crippen molar-refractivity contribution < 1.29 is 56.6 Å². The quantitative estimate of drug-likeness (QED) is 0.0318. The van der Waals surface area contributed by atoms with Crippen LogP contribution in [-0.4, -0.2) is 103 Å². The van der Waals surface area contributed by atoms with E-state index in [1.807, 2.05) is 19.9 Å². The maximum atomic E-state index is 14.6. The van der Waals surface area contributed by atoms with Gasteiger partial charge in [0, 0.05) is 29.7 Å². The lowest BCUT2D eigenvalue weighted by Crippen LogP contribution is -2.52. The molecule has 1 spiro atoms. The van der Waals surface area contributed by atoms with Crippen molar-refractivity contribution in [3.63, 3.8) is 0 Å². The molecule has 14 nitrogen and oxygen atoms in total. The van der Waals surface area contributed by atoms with Gasteiger partial charge in [-0.15, -0.1) is 0 Å². The van der Waals surface area contributed by atoms with Crippen LogP contribution in [0.5, 0.6) is 28.7 Å². The molecule has 3 aliphatic heterocycles. The molecular weight excluding hydrogens is 872 g/mol. The Labute approximate surface area is 386 Å². The third kappa shape index (κ3) is 9.73. The van der Waals surface area contributed by atoms with Gasteiger partial charge in [0.25, 0.3) is 5.91 Å². The molecule has 5 aliphatic rings. The van der Waals surface area contributed by atoms with E-state index in [0.29, 0.717) is 39.2 Å². The molecule has 1 aromatic heterocycles. The molecule has 1 saturated heterocycles. The molecule has 4 heterocycles. The minimum atomic E-state index is -2.46. The number of aromatic nitrogens is 1. The fourth-order valence-corrected chi connectivity index (χ4v) is 9.07. The number of rotatable bonds is 14. The lowest BCUT2D eigenvalue weighted by Gasteiger charge is -2.40. The number of halogens is 1. The third-order valence-corrected chi connectivity index (χ3v) is 16.6. The molecule has 0 radical (unpaired) electrons. The Morgan fingerprint density at radius 1 is 1.11 bits per heavy atom. The number of epoxide rings is 1. The molecule has 344 valence electrons. The van der Waals surface area contributed by atoms with Crippen molar-refractivity contribution in [3.05, 3.63) is 82.7 Å². The van der Waals surface area contributed by atoms with Gasteiger partial charge >= 0.3 is 5.97 Å². The Hall–Kier alpha value is -5.52. The normalized spacial score (nSPS) is 24.2. The molecule has 2 aliphatic carbocycles. The number of fused-ring (bicyclic) bond motifs is 8. The van der Waals surface area contributed by atoms with Gasteiger partial charge in [-0.1, -0.05) is 68.7 Å². The zero-order valence-corrected chi connectivity index (χ0v) is 40.1. The van der Waals surface area contributed by atoms with Gasteiger partial charge in [0.1, 0.15) is 44.1 Å². The predicted octanol–water partition coefficient (Wildman–Crippen LogP) is 7.83. The van der Waals surface area contributed by atoms with Crippen molar-refractivity contribution in [1.29, 1.82) is 0 Å². The van der Waals surface area contributed by atoms with E-state index >= 15 is 0 Å². The van der Waals surface area contributed by atoms with Crippen molar-refractivity contribution in [2.24, 2.45) is 0 Å². The van der Waals surface area contributed by atoms with Crippen LogP contribution in [0.4, 0.5) is 0 Å². The highest BCUT2D eigenvalue weighted by Gasteiger charge is 2.70. The maximum Gasteiger partial charge on any atom is 0.308 e. The Morgan fingerprint density at radius 2 is 1.86 bits per heavy atom. The molecule has 16 heteroatoms. The van der Waals surface area contributed by atoms with Gasteiger partial charge < -0.3 is 52.4 Å². The molecule has 2 aromatic carbocycles. The van der Waals surface area contributed by atoms with Crippen LogP contribution in [0.3, 0.4) is 0 Å². The van der Waals surface area contributed by atoms with Crippen LogP contribution in [-0.2, 0) is 28.2 Å². The van der Waals surface area contributed by atoms with E-state index in [9.17, 15) is 9.59 Å². The van der Waals surface area contributed by atoms with Gasteiger partial charge in [0.15, 0.2) is 42.4 Å². The summed E-state index contributed by atoms with van der Waals surface area (Å²) in [5.41, 5.74) is 0.464. The number of esters is 1. The van der Waals surface area contributed by atoms with Crippen LogP contribution in [0.15, 0.2) is 66.3 Å². The lowest BCUT2D eigenvalue weighted by molar-refractivity contribution is -0.150. The van der Waals surface area contributed by atoms with E-state index in [-0.39, 0.29) is 65.5 Å². The third-order valence-electron chi connectivity index (χ3n) is 11.9. The first-order valence-corrected chi connectivity index (χ1v) is 24.6. The smallest absolute Gasteiger partial charge is 0.308 e. The van der Waals surface area contributed by atoms with E-state index in [1.54, 1.807) is 42.5 Å². The molecule has 1 fully saturated rings. The van der Waals surface area contributed by atoms with Crippen LogP contribution in [0, 0.1) is 23.7 Å². The Kier molecular flexibility index (Phi) is 14.0. The highest BCUT2D eigenvalue weighted by Crippen LogP contribution is 2.55. The maximum absolute atomic E-state index is 14.6. The van der Waals surface area contributed by atoms with Crippen molar-refractivity contribution in [2.45, 2.75) is 101 Å². The Balaban J connectivity index is 1.30. The molecule has 1 N–H and O–H groups in total. The summed E-state index contributed by atoms with van der Waals surface area (Å²) in [5, 5.41) is 4.02. The first kappa shape index (κ1) is 47.4.